The van der Waals surface area contributed by atoms with E-state index in [2.05, 4.69) is 10.8 Å². The number of aromatic nitrogens is 1. The lowest BCUT2D eigenvalue weighted by Crippen LogP contribution is -2.42. The van der Waals surface area contributed by atoms with Crippen LogP contribution in [0.15, 0.2) is 18.3 Å². The van der Waals surface area contributed by atoms with E-state index in [0.717, 1.165) is 25.1 Å². The summed E-state index contributed by atoms with van der Waals surface area (Å²) in [5, 5.41) is 0. The van der Waals surface area contributed by atoms with Gasteiger partial charge in [0.2, 0.25) is 0 Å². The van der Waals surface area contributed by atoms with Crippen LogP contribution in [0.1, 0.15) is 56.7 Å². The maximum atomic E-state index is 6.16. The van der Waals surface area contributed by atoms with Crippen molar-refractivity contribution in [3.05, 3.63) is 24.0 Å². The van der Waals surface area contributed by atoms with Crippen molar-refractivity contribution in [2.45, 2.75) is 56.6 Å². The Kier molecular flexibility index (Phi) is 3.63. The maximum absolute atomic E-state index is 6.16. The Morgan fingerprint density at radius 1 is 1.37 bits per heavy atom. The summed E-state index contributed by atoms with van der Waals surface area (Å²) in [6, 6.07) is 4.54. The van der Waals surface area contributed by atoms with Gasteiger partial charge in [-0.3, -0.25) is 0 Å². The summed E-state index contributed by atoms with van der Waals surface area (Å²) in [5.74, 6) is 0. The van der Waals surface area contributed by atoms with Gasteiger partial charge in [0.25, 0.3) is 0 Å². The second kappa shape index (κ2) is 5.25. The van der Waals surface area contributed by atoms with Gasteiger partial charge in [-0.1, -0.05) is 31.5 Å². The Morgan fingerprint density at radius 3 is 2.89 bits per heavy atom. The van der Waals surface area contributed by atoms with Crippen LogP contribution in [0.5, 0.6) is 0 Å². The first-order valence-corrected chi connectivity index (χ1v) is 7.72. The zero-order valence-electron chi connectivity index (χ0n) is 11.3. The van der Waals surface area contributed by atoms with Crippen molar-refractivity contribution in [3.8, 4) is 0 Å². The number of rotatable bonds is 2. The van der Waals surface area contributed by atoms with Crippen LogP contribution in [0.3, 0.4) is 0 Å². The number of hydrogen-bond donors (Lipinski definition) is 1. The van der Waals surface area contributed by atoms with Gasteiger partial charge in [0.15, 0.2) is 0 Å². The predicted octanol–water partition coefficient (Wildman–Crippen LogP) is 3.18. The lowest BCUT2D eigenvalue weighted by Gasteiger charge is -2.44. The van der Waals surface area contributed by atoms with Crippen LogP contribution in [-0.4, -0.2) is 21.8 Å². The predicted molar refractivity (Wildman–Crippen MR) is 80.4 cm³/mol. The third-order valence-electron chi connectivity index (χ3n) is 4.66. The third kappa shape index (κ3) is 2.56. The minimum atomic E-state index is 0.124. The molecular weight excluding hydrogens is 256 g/mol. The van der Waals surface area contributed by atoms with E-state index in [0.29, 0.717) is 11.0 Å². The average Bonchev–Trinajstić information content (AvgIpc) is 2.89. The first kappa shape index (κ1) is 13.1. The zero-order chi connectivity index (χ0) is 13.3. The molecule has 1 spiro atoms. The monoisotopic (exact) mass is 278 g/mol. The second-order valence-corrected chi connectivity index (χ2v) is 6.34. The highest BCUT2D eigenvalue weighted by atomic mass is 32.1. The molecule has 0 amide bonds. The van der Waals surface area contributed by atoms with Gasteiger partial charge in [0.1, 0.15) is 4.99 Å². The fraction of sp³-hybridized carbons (Fsp3) is 0.667. The van der Waals surface area contributed by atoms with Crippen LogP contribution in [-0.2, 0) is 4.74 Å². The standard InChI is InChI=1S/C15H22N2OS/c16-14(19)13-5-4-9-17(13)12-6-10-18-15(11-12)7-2-1-3-8-15/h4-5,9,12H,1-3,6-8,10-11H2,(H2,16,19). The fourth-order valence-corrected chi connectivity index (χ4v) is 3.88. The first-order valence-electron chi connectivity index (χ1n) is 7.31. The summed E-state index contributed by atoms with van der Waals surface area (Å²) in [6.45, 7) is 0.861. The summed E-state index contributed by atoms with van der Waals surface area (Å²) < 4.78 is 8.42. The van der Waals surface area contributed by atoms with Gasteiger partial charge in [-0.25, -0.2) is 0 Å². The molecule has 19 heavy (non-hydrogen) atoms. The van der Waals surface area contributed by atoms with Gasteiger partial charge in [0.05, 0.1) is 11.3 Å². The molecule has 1 saturated carbocycles. The maximum Gasteiger partial charge on any atom is 0.120 e. The molecular formula is C15H22N2OS. The van der Waals surface area contributed by atoms with E-state index in [1.807, 2.05) is 12.1 Å². The topological polar surface area (TPSA) is 40.2 Å². The van der Waals surface area contributed by atoms with E-state index in [1.165, 1.54) is 32.1 Å². The number of nitrogens with zero attached hydrogens (tertiary/aromatic N) is 1. The Morgan fingerprint density at radius 2 is 2.16 bits per heavy atom. The molecule has 4 heteroatoms. The van der Waals surface area contributed by atoms with Gasteiger partial charge in [0, 0.05) is 18.8 Å². The highest BCUT2D eigenvalue weighted by molar-refractivity contribution is 7.80. The van der Waals surface area contributed by atoms with Crippen molar-refractivity contribution in [3.63, 3.8) is 0 Å². The molecule has 104 valence electrons. The number of nitrogens with two attached hydrogens (primary N) is 1. The summed E-state index contributed by atoms with van der Waals surface area (Å²) in [6.07, 6.45) is 10.7. The van der Waals surface area contributed by atoms with Crippen LogP contribution in [0.25, 0.3) is 0 Å². The van der Waals surface area contributed by atoms with Crippen molar-refractivity contribution >= 4 is 17.2 Å². The van der Waals surface area contributed by atoms with Crippen molar-refractivity contribution < 1.29 is 4.74 Å². The van der Waals surface area contributed by atoms with Crippen molar-refractivity contribution in [2.24, 2.45) is 5.73 Å². The molecule has 2 aliphatic rings. The smallest absolute Gasteiger partial charge is 0.120 e. The highest BCUT2D eigenvalue weighted by Gasteiger charge is 2.39. The van der Waals surface area contributed by atoms with E-state index in [4.69, 9.17) is 22.7 Å². The largest absolute Gasteiger partial charge is 0.388 e. The van der Waals surface area contributed by atoms with E-state index < -0.39 is 0 Å². The van der Waals surface area contributed by atoms with E-state index >= 15 is 0 Å². The van der Waals surface area contributed by atoms with Crippen LogP contribution < -0.4 is 5.73 Å². The minimum absolute atomic E-state index is 0.124. The Labute approximate surface area is 120 Å². The van der Waals surface area contributed by atoms with Crippen LogP contribution in [0.4, 0.5) is 0 Å². The molecule has 3 rings (SSSR count). The Balaban J connectivity index is 1.81. The number of ether oxygens (including phenoxy) is 1. The second-order valence-electron chi connectivity index (χ2n) is 5.90. The van der Waals surface area contributed by atoms with Gasteiger partial charge < -0.3 is 15.0 Å². The summed E-state index contributed by atoms with van der Waals surface area (Å²) >= 11 is 5.15. The summed E-state index contributed by atoms with van der Waals surface area (Å²) in [7, 11) is 0. The average molecular weight is 278 g/mol. The molecule has 1 atom stereocenters. The van der Waals surface area contributed by atoms with Crippen LogP contribution >= 0.6 is 12.2 Å². The number of hydrogen-bond acceptors (Lipinski definition) is 2. The molecule has 1 saturated heterocycles. The Bertz CT molecular complexity index is 457. The first-order chi connectivity index (χ1) is 9.20. The van der Waals surface area contributed by atoms with Gasteiger partial charge >= 0.3 is 0 Å². The van der Waals surface area contributed by atoms with E-state index in [1.54, 1.807) is 0 Å². The summed E-state index contributed by atoms with van der Waals surface area (Å²) in [4.78, 5) is 0.495. The SMILES string of the molecule is NC(=S)c1cccn1C1CCOC2(CCCCC2)C1. The highest BCUT2D eigenvalue weighted by Crippen LogP contribution is 2.42. The third-order valence-corrected chi connectivity index (χ3v) is 4.87. The quantitative estimate of drug-likeness (QED) is 0.845. The molecule has 1 aromatic heterocycles. The van der Waals surface area contributed by atoms with Crippen molar-refractivity contribution in [2.75, 3.05) is 6.61 Å². The molecule has 1 aliphatic heterocycles. The van der Waals surface area contributed by atoms with Crippen molar-refractivity contribution in [1.29, 1.82) is 0 Å². The molecule has 3 nitrogen and oxygen atoms in total. The number of thiocarbonyl (C=S) groups is 1. The molecule has 0 aromatic carbocycles. The Hall–Kier alpha value is -0.870. The molecule has 1 unspecified atom stereocenters. The van der Waals surface area contributed by atoms with Gasteiger partial charge in [-0.15, -0.1) is 0 Å². The molecule has 1 aromatic rings. The summed E-state index contributed by atoms with van der Waals surface area (Å²) in [5.41, 5.74) is 6.93. The molecule has 0 radical (unpaired) electrons. The van der Waals surface area contributed by atoms with Crippen LogP contribution in [0.2, 0.25) is 0 Å². The van der Waals surface area contributed by atoms with Gasteiger partial charge in [-0.05, 0) is 37.8 Å². The molecule has 2 N–H and O–H groups in total. The van der Waals surface area contributed by atoms with E-state index in [-0.39, 0.29) is 5.60 Å². The zero-order valence-corrected chi connectivity index (χ0v) is 12.1. The lowest BCUT2D eigenvalue weighted by atomic mass is 9.78. The minimum Gasteiger partial charge on any atom is -0.388 e. The lowest BCUT2D eigenvalue weighted by molar-refractivity contribution is -0.114. The fourth-order valence-electron chi connectivity index (χ4n) is 3.70. The van der Waals surface area contributed by atoms with Crippen molar-refractivity contribution in [1.82, 2.24) is 4.57 Å². The molecule has 2 heterocycles. The normalized spacial score (nSPS) is 26.4. The molecule has 2 fully saturated rings. The molecule has 1 aliphatic carbocycles. The molecule has 0 bridgehead atoms. The van der Waals surface area contributed by atoms with Crippen LogP contribution in [0, 0.1) is 0 Å². The van der Waals surface area contributed by atoms with Gasteiger partial charge in [-0.2, -0.15) is 0 Å². The van der Waals surface area contributed by atoms with E-state index in [9.17, 15) is 0 Å².